The average molecular weight is 444 g/mol. The van der Waals surface area contributed by atoms with Crippen LogP contribution in [0.1, 0.15) is 46.1 Å². The van der Waals surface area contributed by atoms with Gasteiger partial charge in [-0.2, -0.15) is 13.2 Å². The molecule has 11 heteroatoms. The maximum Gasteiger partial charge on any atom is 0.416 e. The van der Waals surface area contributed by atoms with E-state index in [4.69, 9.17) is 0 Å². The lowest BCUT2D eigenvalue weighted by molar-refractivity contribution is -0.384. The molecule has 0 aliphatic carbocycles. The van der Waals surface area contributed by atoms with Crippen LogP contribution in [0.5, 0.6) is 0 Å². The van der Waals surface area contributed by atoms with Crippen molar-refractivity contribution in [3.8, 4) is 0 Å². The fraction of sp³-hybridized carbons (Fsp3) is 0.600. The van der Waals surface area contributed by atoms with Crippen LogP contribution in [-0.2, 0) is 15.8 Å². The van der Waals surface area contributed by atoms with Gasteiger partial charge >= 0.3 is 6.18 Å². The number of piperidine rings is 1. The number of rotatable bonds is 5. The molecule has 1 aliphatic heterocycles. The number of halogens is 3. The molecule has 0 aromatic heterocycles. The maximum absolute atomic E-state index is 12.9. The van der Waals surface area contributed by atoms with Crippen LogP contribution in [0.3, 0.4) is 0 Å². The van der Waals surface area contributed by atoms with E-state index in [1.807, 2.05) is 20.8 Å². The molecule has 0 radical (unpaired) electrons. The molecule has 1 aliphatic rings. The first kappa shape index (κ1) is 24.4. The first-order chi connectivity index (χ1) is 14.2. The monoisotopic (exact) mass is 444 g/mol. The molecule has 2 N–H and O–H groups in total. The Balaban J connectivity index is 2.02. The zero-order valence-corrected chi connectivity index (χ0v) is 17.9. The quantitative estimate of drug-likeness (QED) is 0.536. The van der Waals surface area contributed by atoms with Crippen LogP contribution < -0.4 is 15.5 Å². The van der Waals surface area contributed by atoms with E-state index in [-0.39, 0.29) is 30.6 Å². The molecule has 2 amide bonds. The molecule has 31 heavy (non-hydrogen) atoms. The first-order valence-corrected chi connectivity index (χ1v) is 9.92. The fourth-order valence-corrected chi connectivity index (χ4v) is 3.37. The maximum atomic E-state index is 12.9. The Morgan fingerprint density at radius 1 is 1.19 bits per heavy atom. The molecule has 1 unspecified atom stereocenters. The standard InChI is InChI=1S/C20H27F3N4O4/c1-12(17(28)25-19(2,3)4)24-18(29)13-7-9-26(10-8-13)15-6-5-14(20(21,22)23)11-16(15)27(30)31/h5-6,11-13H,7-10H2,1-4H3,(H,24,29)(H,25,28). The van der Waals surface area contributed by atoms with E-state index in [0.717, 1.165) is 12.1 Å². The Morgan fingerprint density at radius 3 is 2.26 bits per heavy atom. The minimum absolute atomic E-state index is 0.0924. The minimum Gasteiger partial charge on any atom is -0.366 e. The van der Waals surface area contributed by atoms with Gasteiger partial charge in [-0.1, -0.05) is 0 Å². The highest BCUT2D eigenvalue weighted by Crippen LogP contribution is 2.37. The van der Waals surface area contributed by atoms with Gasteiger partial charge in [-0.3, -0.25) is 19.7 Å². The van der Waals surface area contributed by atoms with Crippen LogP contribution in [0, 0.1) is 16.0 Å². The van der Waals surface area contributed by atoms with E-state index in [1.54, 1.807) is 11.8 Å². The highest BCUT2D eigenvalue weighted by Gasteiger charge is 2.35. The van der Waals surface area contributed by atoms with Crippen molar-refractivity contribution in [2.75, 3.05) is 18.0 Å². The van der Waals surface area contributed by atoms with Gasteiger partial charge < -0.3 is 15.5 Å². The second-order valence-corrected chi connectivity index (χ2v) is 8.69. The molecule has 1 saturated heterocycles. The lowest BCUT2D eigenvalue weighted by Gasteiger charge is -2.33. The molecular weight excluding hydrogens is 417 g/mol. The third kappa shape index (κ3) is 6.56. The van der Waals surface area contributed by atoms with Crippen molar-refractivity contribution in [3.05, 3.63) is 33.9 Å². The first-order valence-electron chi connectivity index (χ1n) is 9.92. The molecule has 0 saturated carbocycles. The van der Waals surface area contributed by atoms with Crippen LogP contribution in [0.2, 0.25) is 0 Å². The number of nitro groups is 1. The van der Waals surface area contributed by atoms with E-state index in [0.29, 0.717) is 18.9 Å². The Hall–Kier alpha value is -2.85. The van der Waals surface area contributed by atoms with Gasteiger partial charge in [0.2, 0.25) is 11.8 Å². The number of nitrogens with zero attached hydrogens (tertiary/aromatic N) is 2. The van der Waals surface area contributed by atoms with E-state index in [9.17, 15) is 32.9 Å². The van der Waals surface area contributed by atoms with Crippen LogP contribution >= 0.6 is 0 Å². The molecule has 172 valence electrons. The SMILES string of the molecule is CC(NC(=O)C1CCN(c2ccc(C(F)(F)F)cc2[N+](=O)[O-])CC1)C(=O)NC(C)(C)C. The van der Waals surface area contributed by atoms with Gasteiger partial charge in [0.25, 0.3) is 5.69 Å². The lowest BCUT2D eigenvalue weighted by Crippen LogP contribution is -2.52. The van der Waals surface area contributed by atoms with Crippen molar-refractivity contribution >= 4 is 23.2 Å². The number of carbonyl (C=O) groups excluding carboxylic acids is 2. The number of nitrogens with one attached hydrogen (secondary N) is 2. The summed E-state index contributed by atoms with van der Waals surface area (Å²) in [5.74, 6) is -0.994. The van der Waals surface area contributed by atoms with Gasteiger partial charge in [-0.15, -0.1) is 0 Å². The Morgan fingerprint density at radius 2 is 1.77 bits per heavy atom. The molecule has 1 aromatic rings. The third-order valence-corrected chi connectivity index (χ3v) is 4.96. The van der Waals surface area contributed by atoms with E-state index in [2.05, 4.69) is 10.6 Å². The highest BCUT2D eigenvalue weighted by atomic mass is 19.4. The summed E-state index contributed by atoms with van der Waals surface area (Å²) in [7, 11) is 0. The van der Waals surface area contributed by atoms with E-state index < -0.39 is 39.8 Å². The van der Waals surface area contributed by atoms with Crippen molar-refractivity contribution in [1.82, 2.24) is 10.6 Å². The predicted molar refractivity (Wildman–Crippen MR) is 109 cm³/mol. The van der Waals surface area contributed by atoms with Crippen molar-refractivity contribution in [2.24, 2.45) is 5.92 Å². The van der Waals surface area contributed by atoms with Crippen molar-refractivity contribution in [2.45, 2.75) is 58.3 Å². The van der Waals surface area contributed by atoms with Gasteiger partial charge in [0.05, 0.1) is 10.5 Å². The number of benzene rings is 1. The van der Waals surface area contributed by atoms with Crippen molar-refractivity contribution < 1.29 is 27.7 Å². The van der Waals surface area contributed by atoms with E-state index >= 15 is 0 Å². The minimum atomic E-state index is -4.68. The number of anilines is 1. The van der Waals surface area contributed by atoms with Crippen LogP contribution in [0.25, 0.3) is 0 Å². The lowest BCUT2D eigenvalue weighted by atomic mass is 9.95. The van der Waals surface area contributed by atoms with Crippen molar-refractivity contribution in [1.29, 1.82) is 0 Å². The van der Waals surface area contributed by atoms with Crippen molar-refractivity contribution in [3.63, 3.8) is 0 Å². The normalized spacial score (nSPS) is 16.5. The molecule has 0 spiro atoms. The summed E-state index contributed by atoms with van der Waals surface area (Å²) < 4.78 is 38.7. The number of hydrogen-bond donors (Lipinski definition) is 2. The predicted octanol–water partition coefficient (Wildman–Crippen LogP) is 3.25. The third-order valence-electron chi connectivity index (χ3n) is 4.96. The van der Waals surface area contributed by atoms with E-state index in [1.165, 1.54) is 0 Å². The molecule has 8 nitrogen and oxygen atoms in total. The number of hydrogen-bond acceptors (Lipinski definition) is 5. The van der Waals surface area contributed by atoms with Gasteiger partial charge in [-0.25, -0.2) is 0 Å². The molecule has 0 bridgehead atoms. The average Bonchev–Trinajstić information content (AvgIpc) is 2.65. The summed E-state index contributed by atoms with van der Waals surface area (Å²) in [4.78, 5) is 36.7. The Labute approximate surface area is 178 Å². The zero-order valence-electron chi connectivity index (χ0n) is 17.9. The fourth-order valence-electron chi connectivity index (χ4n) is 3.37. The van der Waals surface area contributed by atoms with Crippen LogP contribution in [-0.4, -0.2) is 41.4 Å². The van der Waals surface area contributed by atoms with Gasteiger partial charge in [0, 0.05) is 30.6 Å². The highest BCUT2D eigenvalue weighted by molar-refractivity contribution is 5.88. The number of amides is 2. The summed E-state index contributed by atoms with van der Waals surface area (Å²) in [5.41, 5.74) is -2.04. The summed E-state index contributed by atoms with van der Waals surface area (Å²) in [6, 6.07) is 1.72. The largest absolute Gasteiger partial charge is 0.416 e. The Bertz CT molecular complexity index is 844. The molecule has 1 atom stereocenters. The van der Waals surface area contributed by atoms with Crippen LogP contribution in [0.4, 0.5) is 24.5 Å². The Kier molecular flexibility index (Phi) is 7.17. The smallest absolute Gasteiger partial charge is 0.366 e. The molecule has 1 fully saturated rings. The molecule has 1 aromatic carbocycles. The van der Waals surface area contributed by atoms with Gasteiger partial charge in [-0.05, 0) is 52.7 Å². The summed E-state index contributed by atoms with van der Waals surface area (Å²) in [6.45, 7) is 7.61. The number of alkyl halides is 3. The molecule has 2 rings (SSSR count). The summed E-state index contributed by atoms with van der Waals surface area (Å²) >= 11 is 0. The number of nitro benzene ring substituents is 1. The molecule has 1 heterocycles. The summed E-state index contributed by atoms with van der Waals surface area (Å²) in [5, 5.41) is 16.8. The second kappa shape index (κ2) is 9.11. The van der Waals surface area contributed by atoms with Gasteiger partial charge in [0.15, 0.2) is 0 Å². The summed E-state index contributed by atoms with van der Waals surface area (Å²) in [6.07, 6.45) is -3.96. The topological polar surface area (TPSA) is 105 Å². The van der Waals surface area contributed by atoms with Crippen LogP contribution in [0.15, 0.2) is 18.2 Å². The molecular formula is C20H27F3N4O4. The number of carbonyl (C=O) groups is 2. The second-order valence-electron chi connectivity index (χ2n) is 8.69. The zero-order chi connectivity index (χ0) is 23.6. The van der Waals surface area contributed by atoms with Gasteiger partial charge in [0.1, 0.15) is 11.7 Å².